The molecule has 17 heavy (non-hydrogen) atoms. The van der Waals surface area contributed by atoms with Gasteiger partial charge in [-0.15, -0.1) is 0 Å². The van der Waals surface area contributed by atoms with Gasteiger partial charge < -0.3 is 0 Å². The summed E-state index contributed by atoms with van der Waals surface area (Å²) >= 11 is 0. The van der Waals surface area contributed by atoms with E-state index in [9.17, 15) is 13.2 Å². The number of halogens is 3. The Morgan fingerprint density at radius 1 is 1.41 bits per heavy atom. The maximum atomic E-state index is 13.9. The van der Waals surface area contributed by atoms with Crippen LogP contribution in [0.15, 0.2) is 23.2 Å². The van der Waals surface area contributed by atoms with Crippen molar-refractivity contribution in [3.05, 3.63) is 23.2 Å². The maximum absolute atomic E-state index is 13.9. The van der Waals surface area contributed by atoms with Crippen LogP contribution in [0.1, 0.15) is 33.6 Å². The zero-order valence-corrected chi connectivity index (χ0v) is 10.8. The van der Waals surface area contributed by atoms with Crippen LogP contribution < -0.4 is 5.84 Å². The SMILES string of the molecule is C/C=C(\C(=C(F)N(C)N)C(C)CCC)C(F)F. The lowest BCUT2D eigenvalue weighted by atomic mass is 9.90. The van der Waals surface area contributed by atoms with Crippen molar-refractivity contribution in [3.63, 3.8) is 0 Å². The number of hydrazine groups is 1. The van der Waals surface area contributed by atoms with Crippen molar-refractivity contribution >= 4 is 0 Å². The summed E-state index contributed by atoms with van der Waals surface area (Å²) in [7, 11) is 1.30. The molecule has 0 heterocycles. The van der Waals surface area contributed by atoms with Crippen LogP contribution in [0.2, 0.25) is 0 Å². The first-order chi connectivity index (χ1) is 7.86. The minimum Gasteiger partial charge on any atom is -0.290 e. The molecule has 5 heteroatoms. The number of alkyl halides is 2. The molecule has 0 bridgehead atoms. The minimum absolute atomic E-state index is 0.00866. The highest BCUT2D eigenvalue weighted by Crippen LogP contribution is 2.31. The predicted molar refractivity (Wildman–Crippen MR) is 63.9 cm³/mol. The van der Waals surface area contributed by atoms with Crippen LogP contribution >= 0.6 is 0 Å². The monoisotopic (exact) mass is 250 g/mol. The average Bonchev–Trinajstić information content (AvgIpc) is 2.24. The van der Waals surface area contributed by atoms with Crippen LogP contribution in [0.5, 0.6) is 0 Å². The molecule has 0 aromatic heterocycles. The maximum Gasteiger partial charge on any atom is 0.263 e. The first-order valence-corrected chi connectivity index (χ1v) is 5.69. The number of nitrogens with two attached hydrogens (primary N) is 1. The van der Waals surface area contributed by atoms with E-state index < -0.39 is 12.4 Å². The minimum atomic E-state index is -2.69. The van der Waals surface area contributed by atoms with Crippen molar-refractivity contribution in [3.8, 4) is 0 Å². The second kappa shape index (κ2) is 7.37. The number of nitrogens with zero attached hydrogens (tertiary/aromatic N) is 1. The van der Waals surface area contributed by atoms with Crippen molar-refractivity contribution in [2.75, 3.05) is 7.05 Å². The van der Waals surface area contributed by atoms with Gasteiger partial charge in [0, 0.05) is 18.2 Å². The molecule has 0 aliphatic carbocycles. The van der Waals surface area contributed by atoms with E-state index in [0.29, 0.717) is 6.42 Å². The summed E-state index contributed by atoms with van der Waals surface area (Å²) in [6.07, 6.45) is -0.0115. The van der Waals surface area contributed by atoms with Gasteiger partial charge in [-0.3, -0.25) is 5.01 Å². The highest BCUT2D eigenvalue weighted by molar-refractivity contribution is 5.35. The second-order valence-electron chi connectivity index (χ2n) is 4.05. The van der Waals surface area contributed by atoms with Crippen LogP contribution in [0.4, 0.5) is 13.2 Å². The molecule has 0 amide bonds. The van der Waals surface area contributed by atoms with Crippen molar-refractivity contribution in [1.29, 1.82) is 0 Å². The van der Waals surface area contributed by atoms with Crippen molar-refractivity contribution in [2.24, 2.45) is 11.8 Å². The summed E-state index contributed by atoms with van der Waals surface area (Å²) < 4.78 is 39.6. The van der Waals surface area contributed by atoms with Gasteiger partial charge in [0.15, 0.2) is 0 Å². The van der Waals surface area contributed by atoms with Crippen molar-refractivity contribution < 1.29 is 13.2 Å². The zero-order chi connectivity index (χ0) is 13.6. The van der Waals surface area contributed by atoms with Crippen molar-refractivity contribution in [2.45, 2.75) is 40.0 Å². The lowest BCUT2D eigenvalue weighted by molar-refractivity contribution is 0.187. The molecule has 0 saturated heterocycles. The Balaban J connectivity index is 5.47. The molecular weight excluding hydrogens is 229 g/mol. The Labute approximate surface area is 101 Å². The quantitative estimate of drug-likeness (QED) is 0.337. The first-order valence-electron chi connectivity index (χ1n) is 5.69. The van der Waals surface area contributed by atoms with Gasteiger partial charge in [-0.25, -0.2) is 14.6 Å². The molecule has 0 fully saturated rings. The lowest BCUT2D eigenvalue weighted by Crippen LogP contribution is -2.26. The Morgan fingerprint density at radius 3 is 2.24 bits per heavy atom. The van der Waals surface area contributed by atoms with Gasteiger partial charge >= 0.3 is 0 Å². The Hall–Kier alpha value is -0.970. The molecule has 0 rings (SSSR count). The molecular formula is C12H21F3N2. The van der Waals surface area contributed by atoms with E-state index in [1.165, 1.54) is 20.0 Å². The standard InChI is InChI=1S/C12H21F3N2/c1-5-7-8(3)10(12(15)17(4)16)9(6-2)11(13)14/h6,8,11H,5,7,16H2,1-4H3/b9-6+,12-10?. The third-order valence-electron chi connectivity index (χ3n) is 2.60. The normalized spacial score (nSPS) is 15.9. The summed E-state index contributed by atoms with van der Waals surface area (Å²) in [6, 6.07) is 0. The van der Waals surface area contributed by atoms with Gasteiger partial charge in [-0.2, -0.15) is 4.39 Å². The first kappa shape index (κ1) is 16.0. The molecule has 0 aromatic rings. The van der Waals surface area contributed by atoms with E-state index in [1.807, 2.05) is 6.92 Å². The predicted octanol–water partition coefficient (Wildman–Crippen LogP) is 3.62. The molecule has 0 saturated carbocycles. The molecule has 0 spiro atoms. The third kappa shape index (κ3) is 4.42. The zero-order valence-electron chi connectivity index (χ0n) is 10.8. The number of hydrogen-bond acceptors (Lipinski definition) is 2. The third-order valence-corrected chi connectivity index (χ3v) is 2.60. The van der Waals surface area contributed by atoms with E-state index in [1.54, 1.807) is 6.92 Å². The highest BCUT2D eigenvalue weighted by atomic mass is 19.3. The number of rotatable bonds is 6. The Kier molecular flexibility index (Phi) is 6.95. The largest absolute Gasteiger partial charge is 0.290 e. The molecule has 1 atom stereocenters. The highest BCUT2D eigenvalue weighted by Gasteiger charge is 2.25. The molecule has 1 unspecified atom stereocenters. The molecule has 2 N–H and O–H groups in total. The van der Waals surface area contributed by atoms with Gasteiger partial charge in [0.2, 0.25) is 5.95 Å². The number of hydrogen-bond donors (Lipinski definition) is 1. The van der Waals surface area contributed by atoms with Crippen molar-refractivity contribution in [1.82, 2.24) is 5.01 Å². The second-order valence-corrected chi connectivity index (χ2v) is 4.05. The van der Waals surface area contributed by atoms with Crippen LogP contribution in [0, 0.1) is 5.92 Å². The van der Waals surface area contributed by atoms with Crippen LogP contribution in [0.3, 0.4) is 0 Å². The van der Waals surface area contributed by atoms with Gasteiger partial charge in [-0.05, 0) is 19.3 Å². The van der Waals surface area contributed by atoms with Gasteiger partial charge in [0.1, 0.15) is 0 Å². The molecule has 100 valence electrons. The Bertz CT molecular complexity index is 296. The fraction of sp³-hybridized carbons (Fsp3) is 0.667. The Morgan fingerprint density at radius 2 is 1.94 bits per heavy atom. The molecule has 0 radical (unpaired) electrons. The summed E-state index contributed by atoms with van der Waals surface area (Å²) in [4.78, 5) is 0. The van der Waals surface area contributed by atoms with Crippen LogP contribution in [-0.4, -0.2) is 18.5 Å². The summed E-state index contributed by atoms with van der Waals surface area (Å²) in [6.45, 7) is 5.13. The van der Waals surface area contributed by atoms with Crippen LogP contribution in [-0.2, 0) is 0 Å². The van der Waals surface area contributed by atoms with Gasteiger partial charge in [0.25, 0.3) is 6.43 Å². The average molecular weight is 250 g/mol. The van der Waals surface area contributed by atoms with E-state index in [0.717, 1.165) is 11.4 Å². The van der Waals surface area contributed by atoms with Gasteiger partial charge in [-0.1, -0.05) is 26.3 Å². The molecule has 0 aliphatic rings. The number of allylic oxidation sites excluding steroid dienone is 3. The molecule has 0 aromatic carbocycles. The fourth-order valence-electron chi connectivity index (χ4n) is 1.77. The lowest BCUT2D eigenvalue weighted by Gasteiger charge is -2.22. The van der Waals surface area contributed by atoms with E-state index in [-0.39, 0.29) is 17.1 Å². The van der Waals surface area contributed by atoms with E-state index in [2.05, 4.69) is 0 Å². The molecule has 0 aliphatic heterocycles. The molecule has 2 nitrogen and oxygen atoms in total. The summed E-state index contributed by atoms with van der Waals surface area (Å²) in [5.41, 5.74) is -0.268. The topological polar surface area (TPSA) is 29.3 Å². The van der Waals surface area contributed by atoms with Gasteiger partial charge in [0.05, 0.1) is 0 Å². The smallest absolute Gasteiger partial charge is 0.263 e. The summed E-state index contributed by atoms with van der Waals surface area (Å²) in [5.74, 6) is 4.21. The van der Waals surface area contributed by atoms with E-state index >= 15 is 0 Å². The summed E-state index contributed by atoms with van der Waals surface area (Å²) in [5, 5.41) is 0.743. The fourth-order valence-corrected chi connectivity index (χ4v) is 1.77. The van der Waals surface area contributed by atoms with Crippen LogP contribution in [0.25, 0.3) is 0 Å². The van der Waals surface area contributed by atoms with E-state index in [4.69, 9.17) is 5.84 Å².